The molecule has 1 N–H and O–H groups in total. The third-order valence-electron chi connectivity index (χ3n) is 3.37. The van der Waals surface area contributed by atoms with Crippen molar-refractivity contribution in [3.63, 3.8) is 0 Å². The summed E-state index contributed by atoms with van der Waals surface area (Å²) in [6, 6.07) is 0. The second kappa shape index (κ2) is 5.31. The molecule has 0 aromatic carbocycles. The maximum Gasteiger partial charge on any atom is 0.0745 e. The molecule has 0 saturated heterocycles. The summed E-state index contributed by atoms with van der Waals surface area (Å²) in [5.74, 6) is 0.644. The molecule has 3 unspecified atom stereocenters. The van der Waals surface area contributed by atoms with Gasteiger partial charge in [0.25, 0.3) is 0 Å². The van der Waals surface area contributed by atoms with Gasteiger partial charge in [-0.15, -0.1) is 0 Å². The van der Waals surface area contributed by atoms with Gasteiger partial charge in [-0.3, -0.25) is 0 Å². The van der Waals surface area contributed by atoms with Gasteiger partial charge in [0.05, 0.1) is 18.8 Å². The van der Waals surface area contributed by atoms with Crippen molar-refractivity contribution in [3.05, 3.63) is 0 Å². The first-order valence-corrected chi connectivity index (χ1v) is 6.21. The fourth-order valence-corrected chi connectivity index (χ4v) is 2.55. The Morgan fingerprint density at radius 2 is 1.87 bits per heavy atom. The Hall–Kier alpha value is -0.0800. The van der Waals surface area contributed by atoms with Gasteiger partial charge in [-0.25, -0.2) is 0 Å². The van der Waals surface area contributed by atoms with E-state index in [4.69, 9.17) is 4.74 Å². The molecule has 0 amide bonds. The van der Waals surface area contributed by atoms with Gasteiger partial charge in [0.2, 0.25) is 0 Å². The molecule has 0 spiro atoms. The van der Waals surface area contributed by atoms with E-state index in [2.05, 4.69) is 20.8 Å². The van der Waals surface area contributed by atoms with Crippen LogP contribution >= 0.6 is 0 Å². The molecule has 0 heterocycles. The topological polar surface area (TPSA) is 29.5 Å². The molecule has 1 aliphatic carbocycles. The van der Waals surface area contributed by atoms with E-state index < -0.39 is 0 Å². The van der Waals surface area contributed by atoms with Crippen LogP contribution in [0.2, 0.25) is 0 Å². The van der Waals surface area contributed by atoms with Crippen LogP contribution in [0, 0.1) is 11.3 Å². The molecule has 0 aliphatic heterocycles. The predicted octanol–water partition coefficient (Wildman–Crippen LogP) is 2.99. The third kappa shape index (κ3) is 4.12. The quantitative estimate of drug-likeness (QED) is 0.782. The fraction of sp³-hybridized carbons (Fsp3) is 1.00. The standard InChI is InChI=1S/C13H26O2/c1-10(14)9-15-12-8-6-5-7-11(12)13(2,3)4/h10-12,14H,5-9H2,1-4H3. The average Bonchev–Trinajstić information content (AvgIpc) is 2.13. The van der Waals surface area contributed by atoms with E-state index in [1.807, 2.05) is 0 Å². The van der Waals surface area contributed by atoms with Crippen LogP contribution in [0.15, 0.2) is 0 Å². The summed E-state index contributed by atoms with van der Waals surface area (Å²) in [4.78, 5) is 0. The molecule has 1 aliphatic rings. The normalized spacial score (nSPS) is 30.2. The van der Waals surface area contributed by atoms with Gasteiger partial charge in [-0.2, -0.15) is 0 Å². The summed E-state index contributed by atoms with van der Waals surface area (Å²) in [5.41, 5.74) is 0.323. The Kier molecular flexibility index (Phi) is 4.60. The molecule has 1 saturated carbocycles. The molecule has 0 aromatic heterocycles. The molecule has 2 heteroatoms. The highest BCUT2D eigenvalue weighted by Gasteiger charge is 2.34. The zero-order valence-electron chi connectivity index (χ0n) is 10.6. The Morgan fingerprint density at radius 3 is 2.40 bits per heavy atom. The van der Waals surface area contributed by atoms with Crippen molar-refractivity contribution >= 4 is 0 Å². The second-order valence-corrected chi connectivity index (χ2v) is 5.98. The number of aliphatic hydroxyl groups is 1. The van der Waals surface area contributed by atoms with Crippen LogP contribution in [0.1, 0.15) is 53.4 Å². The summed E-state index contributed by atoms with van der Waals surface area (Å²) >= 11 is 0. The molecule has 15 heavy (non-hydrogen) atoms. The maximum absolute atomic E-state index is 9.25. The monoisotopic (exact) mass is 214 g/mol. The summed E-state index contributed by atoms with van der Waals surface area (Å²) in [6.07, 6.45) is 5.05. The molecule has 1 fully saturated rings. The molecule has 1 rings (SSSR count). The van der Waals surface area contributed by atoms with Crippen LogP contribution in [-0.2, 0) is 4.74 Å². The lowest BCUT2D eigenvalue weighted by Crippen LogP contribution is -2.37. The van der Waals surface area contributed by atoms with E-state index in [0.717, 1.165) is 6.42 Å². The minimum Gasteiger partial charge on any atom is -0.391 e. The number of hydrogen-bond acceptors (Lipinski definition) is 2. The smallest absolute Gasteiger partial charge is 0.0745 e. The largest absolute Gasteiger partial charge is 0.391 e. The van der Waals surface area contributed by atoms with Gasteiger partial charge in [0, 0.05) is 0 Å². The lowest BCUT2D eigenvalue weighted by molar-refractivity contribution is -0.0721. The molecule has 0 bridgehead atoms. The summed E-state index contributed by atoms with van der Waals surface area (Å²) < 4.78 is 5.83. The van der Waals surface area contributed by atoms with E-state index in [0.29, 0.717) is 24.0 Å². The van der Waals surface area contributed by atoms with E-state index in [1.54, 1.807) is 6.92 Å². The Bertz CT molecular complexity index is 181. The van der Waals surface area contributed by atoms with E-state index in [-0.39, 0.29) is 6.10 Å². The first-order valence-electron chi connectivity index (χ1n) is 6.21. The zero-order valence-corrected chi connectivity index (χ0v) is 10.6. The number of hydrogen-bond donors (Lipinski definition) is 1. The first kappa shape index (κ1) is 13.0. The Morgan fingerprint density at radius 1 is 1.27 bits per heavy atom. The van der Waals surface area contributed by atoms with Gasteiger partial charge in [0.15, 0.2) is 0 Å². The van der Waals surface area contributed by atoms with E-state index >= 15 is 0 Å². The lowest BCUT2D eigenvalue weighted by atomic mass is 9.71. The minimum absolute atomic E-state index is 0.323. The average molecular weight is 214 g/mol. The van der Waals surface area contributed by atoms with Crippen molar-refractivity contribution in [1.82, 2.24) is 0 Å². The molecule has 2 nitrogen and oxygen atoms in total. The van der Waals surface area contributed by atoms with Crippen molar-refractivity contribution in [2.24, 2.45) is 11.3 Å². The van der Waals surface area contributed by atoms with Crippen LogP contribution < -0.4 is 0 Å². The van der Waals surface area contributed by atoms with E-state index in [9.17, 15) is 5.11 Å². The first-order chi connectivity index (χ1) is 6.91. The molecule has 0 aromatic rings. The highest BCUT2D eigenvalue weighted by atomic mass is 16.5. The molecular weight excluding hydrogens is 188 g/mol. The third-order valence-corrected chi connectivity index (χ3v) is 3.37. The highest BCUT2D eigenvalue weighted by Crippen LogP contribution is 2.39. The Labute approximate surface area is 94.0 Å². The Balaban J connectivity index is 2.50. The van der Waals surface area contributed by atoms with Gasteiger partial charge < -0.3 is 9.84 Å². The summed E-state index contributed by atoms with van der Waals surface area (Å²) in [7, 11) is 0. The zero-order chi connectivity index (χ0) is 11.5. The van der Waals surface area contributed by atoms with E-state index in [1.165, 1.54) is 19.3 Å². The second-order valence-electron chi connectivity index (χ2n) is 5.98. The SMILES string of the molecule is CC(O)COC1CCCCC1C(C)(C)C. The van der Waals surface area contributed by atoms with Crippen LogP contribution in [-0.4, -0.2) is 23.9 Å². The van der Waals surface area contributed by atoms with Crippen molar-refractivity contribution in [2.45, 2.75) is 65.6 Å². The van der Waals surface area contributed by atoms with Gasteiger partial charge in [-0.1, -0.05) is 33.6 Å². The fourth-order valence-electron chi connectivity index (χ4n) is 2.55. The van der Waals surface area contributed by atoms with Crippen molar-refractivity contribution < 1.29 is 9.84 Å². The number of ether oxygens (including phenoxy) is 1. The van der Waals surface area contributed by atoms with Gasteiger partial charge in [0.1, 0.15) is 0 Å². The number of aliphatic hydroxyl groups excluding tert-OH is 1. The number of rotatable bonds is 3. The van der Waals surface area contributed by atoms with Gasteiger partial charge in [-0.05, 0) is 31.1 Å². The van der Waals surface area contributed by atoms with Crippen LogP contribution in [0.5, 0.6) is 0 Å². The van der Waals surface area contributed by atoms with Gasteiger partial charge >= 0.3 is 0 Å². The van der Waals surface area contributed by atoms with Crippen molar-refractivity contribution in [2.75, 3.05) is 6.61 Å². The summed E-state index contributed by atoms with van der Waals surface area (Å²) in [6.45, 7) is 9.15. The lowest BCUT2D eigenvalue weighted by Gasteiger charge is -2.40. The van der Waals surface area contributed by atoms with Crippen molar-refractivity contribution in [3.8, 4) is 0 Å². The highest BCUT2D eigenvalue weighted by molar-refractivity contribution is 4.84. The molecule has 0 radical (unpaired) electrons. The van der Waals surface area contributed by atoms with Crippen LogP contribution in [0.25, 0.3) is 0 Å². The summed E-state index contributed by atoms with van der Waals surface area (Å²) in [5, 5.41) is 9.25. The molecule has 3 atom stereocenters. The minimum atomic E-state index is -0.340. The van der Waals surface area contributed by atoms with Crippen molar-refractivity contribution in [1.29, 1.82) is 0 Å². The van der Waals surface area contributed by atoms with Crippen LogP contribution in [0.4, 0.5) is 0 Å². The van der Waals surface area contributed by atoms with Crippen LogP contribution in [0.3, 0.4) is 0 Å². The predicted molar refractivity (Wildman–Crippen MR) is 62.8 cm³/mol. The maximum atomic E-state index is 9.25. The molecule has 90 valence electrons. The molecular formula is C13H26O2.